The van der Waals surface area contributed by atoms with Gasteiger partial charge in [0, 0.05) is 40.3 Å². The molecule has 0 bridgehead atoms. The van der Waals surface area contributed by atoms with Crippen LogP contribution in [0.2, 0.25) is 0 Å². The lowest BCUT2D eigenvalue weighted by Gasteiger charge is -2.25. The van der Waals surface area contributed by atoms with Gasteiger partial charge in [0.1, 0.15) is 0 Å². The molecule has 1 amide bonds. The van der Waals surface area contributed by atoms with E-state index in [4.69, 9.17) is 0 Å². The molecule has 6 nitrogen and oxygen atoms in total. The molecule has 1 rings (SSSR count). The summed E-state index contributed by atoms with van der Waals surface area (Å²) in [5.74, 6) is 1.90. The lowest BCUT2D eigenvalue weighted by molar-refractivity contribution is -0.133. The molecule has 0 aromatic heterocycles. The number of nitrogens with zero attached hydrogens (tertiary/aromatic N) is 3. The Morgan fingerprint density at radius 3 is 2.68 bits per heavy atom. The van der Waals surface area contributed by atoms with Crippen LogP contribution in [0.5, 0.6) is 0 Å². The van der Waals surface area contributed by atoms with Gasteiger partial charge < -0.3 is 15.5 Å². The van der Waals surface area contributed by atoms with E-state index in [0.717, 1.165) is 63.9 Å². The molecule has 0 saturated carbocycles. The van der Waals surface area contributed by atoms with Crippen molar-refractivity contribution >= 4 is 11.9 Å². The number of rotatable bonds is 10. The molecule has 25 heavy (non-hydrogen) atoms. The lowest BCUT2D eigenvalue weighted by Crippen LogP contribution is -2.43. The van der Waals surface area contributed by atoms with Gasteiger partial charge in [0.05, 0.1) is 6.04 Å². The van der Waals surface area contributed by atoms with Gasteiger partial charge in [-0.15, -0.1) is 0 Å². The molecule has 1 saturated heterocycles. The summed E-state index contributed by atoms with van der Waals surface area (Å²) in [7, 11) is 3.69. The van der Waals surface area contributed by atoms with Crippen molar-refractivity contribution in [3.8, 4) is 0 Å². The molecule has 2 N–H and O–H groups in total. The minimum Gasteiger partial charge on any atom is -0.357 e. The maximum atomic E-state index is 12.2. The first-order chi connectivity index (χ1) is 12.0. The summed E-state index contributed by atoms with van der Waals surface area (Å²) < 4.78 is 0. The van der Waals surface area contributed by atoms with Gasteiger partial charge in [-0.25, -0.2) is 0 Å². The van der Waals surface area contributed by atoms with Gasteiger partial charge in [0.2, 0.25) is 5.91 Å². The summed E-state index contributed by atoms with van der Waals surface area (Å²) in [6.45, 7) is 11.2. The molecule has 0 radical (unpaired) electrons. The quantitative estimate of drug-likeness (QED) is 0.358. The zero-order chi connectivity index (χ0) is 18.7. The maximum Gasteiger partial charge on any atom is 0.239 e. The molecule has 1 heterocycles. The fourth-order valence-corrected chi connectivity index (χ4v) is 3.19. The van der Waals surface area contributed by atoms with Crippen LogP contribution in [0.1, 0.15) is 52.9 Å². The van der Waals surface area contributed by atoms with Crippen molar-refractivity contribution in [2.24, 2.45) is 10.9 Å². The first kappa shape index (κ1) is 21.7. The molecule has 0 aromatic rings. The molecule has 6 heteroatoms. The van der Waals surface area contributed by atoms with Crippen molar-refractivity contribution in [1.29, 1.82) is 0 Å². The predicted octanol–water partition coefficient (Wildman–Crippen LogP) is 1.92. The number of amides is 1. The third kappa shape index (κ3) is 8.56. The van der Waals surface area contributed by atoms with E-state index in [1.807, 2.05) is 14.1 Å². The fourth-order valence-electron chi connectivity index (χ4n) is 3.19. The molecular formula is C19H39N5O. The van der Waals surface area contributed by atoms with Gasteiger partial charge >= 0.3 is 0 Å². The Kier molecular flexibility index (Phi) is 10.5. The van der Waals surface area contributed by atoms with Gasteiger partial charge in [-0.2, -0.15) is 0 Å². The van der Waals surface area contributed by atoms with Crippen molar-refractivity contribution < 1.29 is 4.79 Å². The minimum absolute atomic E-state index is 0.0707. The van der Waals surface area contributed by atoms with Crippen LogP contribution < -0.4 is 10.6 Å². The first-order valence-corrected chi connectivity index (χ1v) is 9.93. The van der Waals surface area contributed by atoms with Crippen molar-refractivity contribution in [2.45, 2.75) is 58.9 Å². The Balaban J connectivity index is 2.33. The monoisotopic (exact) mass is 353 g/mol. The lowest BCUT2D eigenvalue weighted by atomic mass is 10.1. The standard InChI is InChI=1S/C19H39N5O/c1-6-20-19(21-12-7-10-16(2)3)22-13-9-15-24-14-8-11-17(24)18(25)23(4)5/h16-17H,6-15H2,1-5H3,(H2,20,21,22). The van der Waals surface area contributed by atoms with Crippen LogP contribution in [-0.2, 0) is 4.79 Å². The van der Waals surface area contributed by atoms with Gasteiger partial charge in [-0.1, -0.05) is 13.8 Å². The molecule has 1 aliphatic rings. The Morgan fingerprint density at radius 2 is 2.04 bits per heavy atom. The van der Waals surface area contributed by atoms with Crippen LogP contribution in [0.25, 0.3) is 0 Å². The van der Waals surface area contributed by atoms with Crippen molar-refractivity contribution in [1.82, 2.24) is 20.4 Å². The van der Waals surface area contributed by atoms with Gasteiger partial charge in [0.25, 0.3) is 0 Å². The van der Waals surface area contributed by atoms with Gasteiger partial charge in [-0.05, 0) is 51.5 Å². The van der Waals surface area contributed by atoms with Crippen LogP contribution in [0, 0.1) is 5.92 Å². The zero-order valence-electron chi connectivity index (χ0n) is 17.0. The van der Waals surface area contributed by atoms with Gasteiger partial charge in [0.15, 0.2) is 5.96 Å². The van der Waals surface area contributed by atoms with E-state index in [9.17, 15) is 4.79 Å². The molecule has 0 aromatic carbocycles. The molecule has 0 spiro atoms. The Morgan fingerprint density at radius 1 is 1.28 bits per heavy atom. The number of hydrogen-bond donors (Lipinski definition) is 2. The predicted molar refractivity (Wildman–Crippen MR) is 106 cm³/mol. The highest BCUT2D eigenvalue weighted by Gasteiger charge is 2.30. The topological polar surface area (TPSA) is 60.0 Å². The molecular weight excluding hydrogens is 314 g/mol. The summed E-state index contributed by atoms with van der Waals surface area (Å²) >= 11 is 0. The smallest absolute Gasteiger partial charge is 0.239 e. The van der Waals surface area contributed by atoms with E-state index in [1.54, 1.807) is 4.90 Å². The number of carbonyl (C=O) groups is 1. The zero-order valence-corrected chi connectivity index (χ0v) is 17.0. The summed E-state index contributed by atoms with van der Waals surface area (Å²) in [6, 6.07) is 0.0707. The number of nitrogens with one attached hydrogen (secondary N) is 2. The van der Waals surface area contributed by atoms with E-state index in [0.29, 0.717) is 0 Å². The van der Waals surface area contributed by atoms with Crippen LogP contribution in [0.3, 0.4) is 0 Å². The van der Waals surface area contributed by atoms with Crippen LogP contribution in [0.4, 0.5) is 0 Å². The van der Waals surface area contributed by atoms with Gasteiger partial charge in [-0.3, -0.25) is 14.7 Å². The second-order valence-electron chi connectivity index (χ2n) is 7.50. The van der Waals surface area contributed by atoms with Crippen LogP contribution in [0.15, 0.2) is 4.99 Å². The van der Waals surface area contributed by atoms with E-state index in [2.05, 4.69) is 41.3 Å². The molecule has 1 atom stereocenters. The maximum absolute atomic E-state index is 12.2. The summed E-state index contributed by atoms with van der Waals surface area (Å²) in [4.78, 5) is 20.9. The van der Waals surface area contributed by atoms with Crippen molar-refractivity contribution in [2.75, 3.05) is 46.8 Å². The highest BCUT2D eigenvalue weighted by Crippen LogP contribution is 2.18. The average molecular weight is 354 g/mol. The first-order valence-electron chi connectivity index (χ1n) is 9.93. The molecule has 1 fully saturated rings. The Hall–Kier alpha value is -1.30. The Labute approximate surface area is 154 Å². The van der Waals surface area contributed by atoms with E-state index < -0.39 is 0 Å². The summed E-state index contributed by atoms with van der Waals surface area (Å²) in [5, 5.41) is 6.72. The third-order valence-electron chi connectivity index (χ3n) is 4.56. The van der Waals surface area contributed by atoms with E-state index in [1.165, 1.54) is 12.8 Å². The van der Waals surface area contributed by atoms with Crippen molar-refractivity contribution in [3.63, 3.8) is 0 Å². The molecule has 146 valence electrons. The molecule has 0 aliphatic carbocycles. The number of aliphatic imine (C=N–C) groups is 1. The molecule has 1 aliphatic heterocycles. The third-order valence-corrected chi connectivity index (χ3v) is 4.56. The largest absolute Gasteiger partial charge is 0.357 e. The highest BCUT2D eigenvalue weighted by atomic mass is 16.2. The van der Waals surface area contributed by atoms with Crippen molar-refractivity contribution in [3.05, 3.63) is 0 Å². The summed E-state index contributed by atoms with van der Waals surface area (Å²) in [6.07, 6.45) is 5.50. The fraction of sp³-hybridized carbons (Fsp3) is 0.895. The summed E-state index contributed by atoms with van der Waals surface area (Å²) in [5.41, 5.74) is 0. The van der Waals surface area contributed by atoms with E-state index >= 15 is 0 Å². The highest BCUT2D eigenvalue weighted by molar-refractivity contribution is 5.81. The SMILES string of the molecule is CCNC(=NCCCN1CCCC1C(=O)N(C)C)NCCCC(C)C. The number of hydrogen-bond acceptors (Lipinski definition) is 3. The van der Waals surface area contributed by atoms with Crippen LogP contribution >= 0.6 is 0 Å². The second kappa shape index (κ2) is 12.1. The second-order valence-corrected chi connectivity index (χ2v) is 7.50. The number of guanidine groups is 1. The minimum atomic E-state index is 0.0707. The number of carbonyl (C=O) groups excluding carboxylic acids is 1. The number of likely N-dealkylation sites (N-methyl/N-ethyl adjacent to an activating group) is 1. The number of likely N-dealkylation sites (tertiary alicyclic amines) is 1. The van der Waals surface area contributed by atoms with E-state index in [-0.39, 0.29) is 11.9 Å². The van der Waals surface area contributed by atoms with Crippen LogP contribution in [-0.4, -0.2) is 74.5 Å². The normalized spacial score (nSPS) is 18.6. The molecule has 1 unspecified atom stereocenters. The average Bonchev–Trinajstić information content (AvgIpc) is 3.02. The Bertz CT molecular complexity index is 409.